The Morgan fingerprint density at radius 2 is 2.09 bits per heavy atom. The Morgan fingerprint density at radius 1 is 1.45 bits per heavy atom. The molecule has 0 amide bonds. The average molecular weight is 149 g/mol. The van der Waals surface area contributed by atoms with E-state index in [1.54, 1.807) is 12.1 Å². The Hall–Kier alpha value is -1.56. The lowest BCUT2D eigenvalue weighted by Crippen LogP contribution is -1.88. The number of anilines is 1. The molecule has 1 rings (SSSR count). The highest BCUT2D eigenvalue weighted by Crippen LogP contribution is 1.97. The molecule has 0 fully saturated rings. The van der Waals surface area contributed by atoms with Gasteiger partial charge in [-0.3, -0.25) is 0 Å². The molecule has 0 bridgehead atoms. The smallest absolute Gasteiger partial charge is 0.123 e. The first-order valence-electron chi connectivity index (χ1n) is 3.44. The fraction of sp³-hybridized carbons (Fsp3) is 0.250. The zero-order chi connectivity index (χ0) is 8.69. The third-order valence-electron chi connectivity index (χ3n) is 0.915. The van der Waals surface area contributed by atoms with Crippen molar-refractivity contribution in [2.75, 3.05) is 5.73 Å². The summed E-state index contributed by atoms with van der Waals surface area (Å²) in [7, 11) is 0. The van der Waals surface area contributed by atoms with E-state index in [1.165, 1.54) is 6.20 Å². The van der Waals surface area contributed by atoms with Crippen LogP contribution in [0.2, 0.25) is 0 Å². The van der Waals surface area contributed by atoms with Crippen LogP contribution in [-0.2, 0) is 0 Å². The highest BCUT2D eigenvalue weighted by atomic mass is 14.8. The van der Waals surface area contributed by atoms with Crippen LogP contribution < -0.4 is 5.73 Å². The van der Waals surface area contributed by atoms with Crippen molar-refractivity contribution in [1.29, 1.82) is 5.26 Å². The first-order valence-corrected chi connectivity index (χ1v) is 3.44. The molecule has 11 heavy (non-hydrogen) atoms. The van der Waals surface area contributed by atoms with Crippen LogP contribution in [0.4, 0.5) is 5.82 Å². The van der Waals surface area contributed by atoms with Gasteiger partial charge in [-0.15, -0.1) is 0 Å². The SMILES string of the molecule is CC.N#Cc1ccc(N)nc1. The largest absolute Gasteiger partial charge is 0.384 e. The summed E-state index contributed by atoms with van der Waals surface area (Å²) in [5.41, 5.74) is 5.79. The summed E-state index contributed by atoms with van der Waals surface area (Å²) in [6.07, 6.45) is 1.44. The van der Waals surface area contributed by atoms with Crippen LogP contribution in [0, 0.1) is 11.3 Å². The van der Waals surface area contributed by atoms with Crippen molar-refractivity contribution in [3.8, 4) is 6.07 Å². The number of pyridine rings is 1. The Balaban J connectivity index is 0.000000461. The number of hydrogen-bond acceptors (Lipinski definition) is 3. The lowest BCUT2D eigenvalue weighted by Gasteiger charge is -1.87. The van der Waals surface area contributed by atoms with Gasteiger partial charge in [0.25, 0.3) is 0 Å². The van der Waals surface area contributed by atoms with Crippen molar-refractivity contribution in [1.82, 2.24) is 4.98 Å². The summed E-state index contributed by atoms with van der Waals surface area (Å²) < 4.78 is 0. The van der Waals surface area contributed by atoms with Crippen molar-refractivity contribution < 1.29 is 0 Å². The molecular formula is C8H11N3. The minimum absolute atomic E-state index is 0.439. The van der Waals surface area contributed by atoms with Crippen molar-refractivity contribution >= 4 is 5.82 Å². The fourth-order valence-corrected chi connectivity index (χ4v) is 0.471. The molecule has 0 aliphatic rings. The van der Waals surface area contributed by atoms with Crippen LogP contribution in [0.3, 0.4) is 0 Å². The molecule has 3 heteroatoms. The van der Waals surface area contributed by atoms with Gasteiger partial charge in [0.2, 0.25) is 0 Å². The normalized spacial score (nSPS) is 7.36. The van der Waals surface area contributed by atoms with Gasteiger partial charge in [0.15, 0.2) is 0 Å². The first-order chi connectivity index (χ1) is 5.33. The second-order valence-electron chi connectivity index (χ2n) is 1.58. The maximum Gasteiger partial charge on any atom is 0.123 e. The van der Waals surface area contributed by atoms with Gasteiger partial charge in [-0.05, 0) is 12.1 Å². The molecule has 3 nitrogen and oxygen atoms in total. The van der Waals surface area contributed by atoms with E-state index in [2.05, 4.69) is 4.98 Å². The maximum absolute atomic E-state index is 8.30. The van der Waals surface area contributed by atoms with Crippen LogP contribution in [0.5, 0.6) is 0 Å². The number of nitriles is 1. The second kappa shape index (κ2) is 5.24. The number of nitrogens with two attached hydrogens (primary N) is 1. The monoisotopic (exact) mass is 149 g/mol. The van der Waals surface area contributed by atoms with Crippen LogP contribution >= 0.6 is 0 Å². The average Bonchev–Trinajstić information content (AvgIpc) is 2.10. The van der Waals surface area contributed by atoms with Crippen LogP contribution in [-0.4, -0.2) is 4.98 Å². The number of aromatic nitrogens is 1. The summed E-state index contributed by atoms with van der Waals surface area (Å²) in [4.78, 5) is 3.71. The van der Waals surface area contributed by atoms with Gasteiger partial charge in [0.05, 0.1) is 5.56 Å². The quantitative estimate of drug-likeness (QED) is 0.608. The van der Waals surface area contributed by atoms with E-state index in [0.717, 1.165) is 0 Å². The highest BCUT2D eigenvalue weighted by molar-refractivity contribution is 5.34. The molecule has 0 spiro atoms. The second-order valence-corrected chi connectivity index (χ2v) is 1.58. The zero-order valence-electron chi connectivity index (χ0n) is 6.70. The van der Waals surface area contributed by atoms with E-state index in [0.29, 0.717) is 11.4 Å². The molecule has 2 N–H and O–H groups in total. The predicted molar refractivity (Wildman–Crippen MR) is 44.7 cm³/mol. The predicted octanol–water partition coefficient (Wildman–Crippen LogP) is 1.56. The number of rotatable bonds is 0. The van der Waals surface area contributed by atoms with Gasteiger partial charge < -0.3 is 5.73 Å². The van der Waals surface area contributed by atoms with Crippen LogP contribution in [0.1, 0.15) is 19.4 Å². The molecule has 0 saturated heterocycles. The fourth-order valence-electron chi connectivity index (χ4n) is 0.471. The summed E-state index contributed by atoms with van der Waals surface area (Å²) in [6, 6.07) is 5.16. The Labute approximate surface area is 66.5 Å². The molecule has 0 aliphatic carbocycles. The molecule has 1 heterocycles. The lowest BCUT2D eigenvalue weighted by molar-refractivity contribution is 1.31. The van der Waals surface area contributed by atoms with Crippen molar-refractivity contribution in [3.05, 3.63) is 23.9 Å². The molecule has 0 aromatic carbocycles. The number of nitrogens with zero attached hydrogens (tertiary/aromatic N) is 2. The Bertz CT molecular complexity index is 233. The minimum atomic E-state index is 0.439. The highest BCUT2D eigenvalue weighted by Gasteiger charge is 1.86. The van der Waals surface area contributed by atoms with E-state index < -0.39 is 0 Å². The van der Waals surface area contributed by atoms with Crippen molar-refractivity contribution in [2.24, 2.45) is 0 Å². The topological polar surface area (TPSA) is 62.7 Å². The van der Waals surface area contributed by atoms with Gasteiger partial charge >= 0.3 is 0 Å². The molecule has 0 saturated carbocycles. The van der Waals surface area contributed by atoms with Gasteiger partial charge in [0, 0.05) is 6.20 Å². The third-order valence-corrected chi connectivity index (χ3v) is 0.915. The van der Waals surface area contributed by atoms with Gasteiger partial charge in [-0.25, -0.2) is 4.98 Å². The molecule has 0 unspecified atom stereocenters. The molecule has 0 aliphatic heterocycles. The van der Waals surface area contributed by atoms with Crippen molar-refractivity contribution in [3.63, 3.8) is 0 Å². The maximum atomic E-state index is 8.30. The van der Waals surface area contributed by atoms with Gasteiger partial charge in [0.1, 0.15) is 11.9 Å². The lowest BCUT2D eigenvalue weighted by atomic mass is 10.3. The number of hydrogen-bond donors (Lipinski definition) is 1. The Kier molecular flexibility index (Phi) is 4.50. The van der Waals surface area contributed by atoms with Crippen LogP contribution in [0.25, 0.3) is 0 Å². The third kappa shape index (κ3) is 3.21. The molecule has 1 aromatic rings. The van der Waals surface area contributed by atoms with E-state index in [9.17, 15) is 0 Å². The van der Waals surface area contributed by atoms with E-state index in [4.69, 9.17) is 11.0 Å². The summed E-state index contributed by atoms with van der Waals surface area (Å²) in [5, 5.41) is 8.30. The molecule has 0 radical (unpaired) electrons. The summed E-state index contributed by atoms with van der Waals surface area (Å²) in [5.74, 6) is 0.439. The van der Waals surface area contributed by atoms with Gasteiger partial charge in [-0.2, -0.15) is 5.26 Å². The molecule has 1 aromatic heterocycles. The number of nitrogen functional groups attached to an aromatic ring is 1. The Morgan fingerprint density at radius 3 is 2.45 bits per heavy atom. The molecule has 58 valence electrons. The van der Waals surface area contributed by atoms with E-state index in [1.807, 2.05) is 19.9 Å². The summed E-state index contributed by atoms with van der Waals surface area (Å²) >= 11 is 0. The first kappa shape index (κ1) is 9.44. The van der Waals surface area contributed by atoms with E-state index in [-0.39, 0.29) is 0 Å². The van der Waals surface area contributed by atoms with Crippen LogP contribution in [0.15, 0.2) is 18.3 Å². The summed E-state index contributed by atoms with van der Waals surface area (Å²) in [6.45, 7) is 4.00. The van der Waals surface area contributed by atoms with Gasteiger partial charge in [-0.1, -0.05) is 13.8 Å². The molecule has 0 atom stereocenters. The van der Waals surface area contributed by atoms with E-state index >= 15 is 0 Å². The zero-order valence-corrected chi connectivity index (χ0v) is 6.70. The minimum Gasteiger partial charge on any atom is -0.384 e. The standard InChI is InChI=1S/C6H5N3.C2H6/c7-3-5-1-2-6(8)9-4-5;1-2/h1-2,4H,(H2,8,9);1-2H3. The molecular weight excluding hydrogens is 138 g/mol. The van der Waals surface area contributed by atoms with Crippen molar-refractivity contribution in [2.45, 2.75) is 13.8 Å².